The Morgan fingerprint density at radius 2 is 1.91 bits per heavy atom. The third-order valence-electron chi connectivity index (χ3n) is 3.03. The van der Waals surface area contributed by atoms with Crippen LogP contribution in [0.15, 0.2) is 53.0 Å². The molecule has 0 unspecified atom stereocenters. The fraction of sp³-hybridized carbons (Fsp3) is 0.0667. The molecule has 1 heterocycles. The van der Waals surface area contributed by atoms with Crippen LogP contribution in [-0.4, -0.2) is 33.2 Å². The summed E-state index contributed by atoms with van der Waals surface area (Å²) >= 11 is 3.36. The highest BCUT2D eigenvalue weighted by Crippen LogP contribution is 2.23. The first-order valence-electron chi connectivity index (χ1n) is 6.68. The lowest BCUT2D eigenvalue weighted by Crippen LogP contribution is -2.14. The number of carbonyl (C=O) groups excluding carboxylic acids is 1. The van der Waals surface area contributed by atoms with Crippen LogP contribution in [0.5, 0.6) is 5.75 Å². The second-order valence-electron chi connectivity index (χ2n) is 4.53. The third-order valence-corrected chi connectivity index (χ3v) is 3.56. The summed E-state index contributed by atoms with van der Waals surface area (Å²) in [5.74, 6) is 0.0674. The van der Waals surface area contributed by atoms with Gasteiger partial charge in [-0.25, -0.2) is 0 Å². The number of carbonyl (C=O) groups is 1. The molecule has 0 saturated carbocycles. The van der Waals surface area contributed by atoms with E-state index in [1.807, 2.05) is 30.3 Å². The minimum Gasteiger partial charge on any atom is -0.495 e. The van der Waals surface area contributed by atoms with Gasteiger partial charge in [0.1, 0.15) is 5.75 Å². The van der Waals surface area contributed by atoms with Crippen LogP contribution >= 0.6 is 15.9 Å². The van der Waals surface area contributed by atoms with E-state index in [1.165, 1.54) is 11.9 Å². The van der Waals surface area contributed by atoms with Crippen molar-refractivity contribution in [1.29, 1.82) is 0 Å². The number of halogens is 1. The molecule has 116 valence electrons. The topological polar surface area (TPSA) is 81.9 Å². The molecule has 0 atom stereocenters. The number of tetrazole rings is 1. The van der Waals surface area contributed by atoms with Crippen molar-refractivity contribution in [3.05, 3.63) is 58.8 Å². The van der Waals surface area contributed by atoms with E-state index < -0.39 is 5.91 Å². The van der Waals surface area contributed by atoms with E-state index in [2.05, 4.69) is 36.7 Å². The quantitative estimate of drug-likeness (QED) is 0.760. The Morgan fingerprint density at radius 3 is 2.65 bits per heavy atom. The molecule has 3 aromatic rings. The summed E-state index contributed by atoms with van der Waals surface area (Å²) in [6.07, 6.45) is 0. The fourth-order valence-electron chi connectivity index (χ4n) is 1.92. The van der Waals surface area contributed by atoms with Gasteiger partial charge in [-0.05, 0) is 41.6 Å². The van der Waals surface area contributed by atoms with E-state index in [9.17, 15) is 4.79 Å². The van der Waals surface area contributed by atoms with Crippen LogP contribution in [0.1, 0.15) is 10.6 Å². The summed E-state index contributed by atoms with van der Waals surface area (Å²) in [6, 6.07) is 14.4. The van der Waals surface area contributed by atoms with Gasteiger partial charge >= 0.3 is 0 Å². The SMILES string of the molecule is COc1ccccc1NC(=O)c1nnn(-c2ccc(Br)cc2)n1. The highest BCUT2D eigenvalue weighted by atomic mass is 79.9. The van der Waals surface area contributed by atoms with Gasteiger partial charge in [0.15, 0.2) is 0 Å². The lowest BCUT2D eigenvalue weighted by molar-refractivity contribution is 0.101. The Hall–Kier alpha value is -2.74. The van der Waals surface area contributed by atoms with E-state index in [0.29, 0.717) is 17.1 Å². The number of benzene rings is 2. The average molecular weight is 374 g/mol. The molecule has 0 aliphatic rings. The van der Waals surface area contributed by atoms with Crippen LogP contribution in [-0.2, 0) is 0 Å². The molecule has 7 nitrogen and oxygen atoms in total. The predicted octanol–water partition coefficient (Wildman–Crippen LogP) is 2.69. The number of ether oxygens (including phenoxy) is 1. The molecule has 8 heteroatoms. The van der Waals surface area contributed by atoms with Crippen LogP contribution in [0.3, 0.4) is 0 Å². The molecule has 0 fully saturated rings. The largest absolute Gasteiger partial charge is 0.495 e. The Balaban J connectivity index is 1.80. The highest BCUT2D eigenvalue weighted by molar-refractivity contribution is 9.10. The van der Waals surface area contributed by atoms with E-state index in [-0.39, 0.29) is 5.82 Å². The number of amides is 1. The van der Waals surface area contributed by atoms with Gasteiger partial charge in [0.2, 0.25) is 0 Å². The first-order valence-corrected chi connectivity index (χ1v) is 7.47. The second-order valence-corrected chi connectivity index (χ2v) is 5.45. The number of aromatic nitrogens is 4. The summed E-state index contributed by atoms with van der Waals surface area (Å²) in [5, 5.41) is 14.5. The molecule has 0 radical (unpaired) electrons. The third kappa shape index (κ3) is 3.37. The molecule has 0 saturated heterocycles. The summed E-state index contributed by atoms with van der Waals surface area (Å²) in [5.41, 5.74) is 1.25. The van der Waals surface area contributed by atoms with Gasteiger partial charge in [0.25, 0.3) is 11.7 Å². The van der Waals surface area contributed by atoms with Crippen LogP contribution in [0, 0.1) is 0 Å². The number of methoxy groups -OCH3 is 1. The molecule has 23 heavy (non-hydrogen) atoms. The minimum absolute atomic E-state index is 0.0289. The first kappa shape index (κ1) is 15.2. The molecule has 1 N–H and O–H groups in total. The molecule has 2 aromatic carbocycles. The van der Waals surface area contributed by atoms with E-state index in [4.69, 9.17) is 4.74 Å². The van der Waals surface area contributed by atoms with Crippen molar-refractivity contribution in [2.45, 2.75) is 0 Å². The Bertz CT molecular complexity index is 832. The summed E-state index contributed by atoms with van der Waals surface area (Å²) in [6.45, 7) is 0. The maximum atomic E-state index is 12.2. The molecule has 1 amide bonds. The van der Waals surface area contributed by atoms with Gasteiger partial charge in [-0.1, -0.05) is 28.1 Å². The number of anilines is 1. The monoisotopic (exact) mass is 373 g/mol. The van der Waals surface area contributed by atoms with Crippen LogP contribution < -0.4 is 10.1 Å². The Kier molecular flexibility index (Phi) is 4.33. The molecule has 3 rings (SSSR count). The van der Waals surface area contributed by atoms with Gasteiger partial charge in [0, 0.05) is 4.47 Å². The summed E-state index contributed by atoms with van der Waals surface area (Å²) < 4.78 is 6.13. The van der Waals surface area contributed by atoms with Gasteiger partial charge in [0.05, 0.1) is 18.5 Å². The maximum absolute atomic E-state index is 12.2. The lowest BCUT2D eigenvalue weighted by atomic mass is 10.3. The normalized spacial score (nSPS) is 10.3. The summed E-state index contributed by atoms with van der Waals surface area (Å²) in [4.78, 5) is 13.5. The van der Waals surface area contributed by atoms with Crippen molar-refractivity contribution in [2.24, 2.45) is 0 Å². The molecule has 0 spiro atoms. The number of hydrogen-bond donors (Lipinski definition) is 1. The summed E-state index contributed by atoms with van der Waals surface area (Å²) in [7, 11) is 1.53. The maximum Gasteiger partial charge on any atom is 0.297 e. The Morgan fingerprint density at radius 1 is 1.17 bits per heavy atom. The van der Waals surface area contributed by atoms with Crippen molar-refractivity contribution in [1.82, 2.24) is 20.2 Å². The van der Waals surface area contributed by atoms with Gasteiger partial charge in [-0.3, -0.25) is 4.79 Å². The average Bonchev–Trinajstić information content (AvgIpc) is 3.06. The molecule has 0 bridgehead atoms. The van der Waals surface area contributed by atoms with Crippen LogP contribution in [0.25, 0.3) is 5.69 Å². The number of nitrogens with one attached hydrogen (secondary N) is 1. The highest BCUT2D eigenvalue weighted by Gasteiger charge is 2.15. The zero-order valence-electron chi connectivity index (χ0n) is 12.1. The number of para-hydroxylation sites is 2. The van der Waals surface area contributed by atoms with Crippen molar-refractivity contribution in [3.63, 3.8) is 0 Å². The van der Waals surface area contributed by atoms with E-state index in [0.717, 1.165) is 4.47 Å². The molecule has 0 aliphatic carbocycles. The van der Waals surface area contributed by atoms with Crippen molar-refractivity contribution < 1.29 is 9.53 Å². The zero-order chi connectivity index (χ0) is 16.2. The van der Waals surface area contributed by atoms with Gasteiger partial charge < -0.3 is 10.1 Å². The van der Waals surface area contributed by atoms with E-state index in [1.54, 1.807) is 18.2 Å². The van der Waals surface area contributed by atoms with Crippen molar-refractivity contribution in [3.8, 4) is 11.4 Å². The van der Waals surface area contributed by atoms with Crippen molar-refractivity contribution >= 4 is 27.5 Å². The smallest absolute Gasteiger partial charge is 0.297 e. The van der Waals surface area contributed by atoms with Gasteiger partial charge in [-0.2, -0.15) is 0 Å². The number of rotatable bonds is 4. The number of hydrogen-bond acceptors (Lipinski definition) is 5. The van der Waals surface area contributed by atoms with Crippen molar-refractivity contribution in [2.75, 3.05) is 12.4 Å². The van der Waals surface area contributed by atoms with Gasteiger partial charge in [-0.15, -0.1) is 15.0 Å². The predicted molar refractivity (Wildman–Crippen MR) is 87.8 cm³/mol. The standard InChI is InChI=1S/C15H12BrN5O2/c1-23-13-5-3-2-4-12(13)17-15(22)14-18-20-21(19-14)11-8-6-10(16)7-9-11/h2-9H,1H3,(H,17,22). The molecule has 0 aliphatic heterocycles. The number of nitrogens with zero attached hydrogens (tertiary/aromatic N) is 4. The first-order chi connectivity index (χ1) is 11.2. The molecular formula is C15H12BrN5O2. The second kappa shape index (κ2) is 6.57. The lowest BCUT2D eigenvalue weighted by Gasteiger charge is -2.07. The van der Waals surface area contributed by atoms with Crippen LogP contribution in [0.2, 0.25) is 0 Å². The molecular weight excluding hydrogens is 362 g/mol. The fourth-order valence-corrected chi connectivity index (χ4v) is 2.18. The van der Waals surface area contributed by atoms with Crippen LogP contribution in [0.4, 0.5) is 5.69 Å². The Labute approximate surface area is 140 Å². The zero-order valence-corrected chi connectivity index (χ0v) is 13.7. The minimum atomic E-state index is -0.460. The van der Waals surface area contributed by atoms with E-state index >= 15 is 0 Å². The molecule has 1 aromatic heterocycles.